The molecule has 2 heteroatoms. The molecule has 1 atom stereocenters. The van der Waals surface area contributed by atoms with Gasteiger partial charge in [0.15, 0.2) is 6.23 Å². The van der Waals surface area contributed by atoms with Gasteiger partial charge in [-0.15, -0.1) is 0 Å². The Labute approximate surface area is 76.8 Å². The van der Waals surface area contributed by atoms with Gasteiger partial charge in [-0.2, -0.15) is 0 Å². The second-order valence-corrected chi connectivity index (χ2v) is 3.44. The van der Waals surface area contributed by atoms with Gasteiger partial charge in [0.1, 0.15) is 0 Å². The maximum atomic E-state index is 9.93. The van der Waals surface area contributed by atoms with Gasteiger partial charge in [-0.3, -0.25) is 4.48 Å². The highest BCUT2D eigenvalue weighted by atomic mass is 16.3. The quantitative estimate of drug-likeness (QED) is 0.482. The number of quaternary nitrogens is 1. The van der Waals surface area contributed by atoms with Crippen LogP contribution in [0.4, 0.5) is 0 Å². The first-order chi connectivity index (χ1) is 5.66. The molecule has 0 bridgehead atoms. The summed E-state index contributed by atoms with van der Waals surface area (Å²) < 4.78 is 0.855. The van der Waals surface area contributed by atoms with Crippen molar-refractivity contribution in [2.75, 3.05) is 19.6 Å². The average molecular weight is 174 g/mol. The number of hydrogen-bond acceptors (Lipinski definition) is 1. The molecule has 0 aromatic heterocycles. The van der Waals surface area contributed by atoms with Crippen molar-refractivity contribution >= 4 is 0 Å². The Hall–Kier alpha value is -0.0800. The molecule has 0 amide bonds. The Bertz CT molecular complexity index is 102. The fourth-order valence-electron chi connectivity index (χ4n) is 1.84. The summed E-state index contributed by atoms with van der Waals surface area (Å²) in [6, 6.07) is 0. The molecule has 0 saturated heterocycles. The Kier molecular flexibility index (Phi) is 5.51. The molecule has 0 heterocycles. The first kappa shape index (κ1) is 11.9. The molecule has 0 saturated carbocycles. The van der Waals surface area contributed by atoms with Gasteiger partial charge in [0.25, 0.3) is 0 Å². The molecule has 74 valence electrons. The van der Waals surface area contributed by atoms with Gasteiger partial charge in [0, 0.05) is 6.42 Å². The van der Waals surface area contributed by atoms with E-state index in [4.69, 9.17) is 0 Å². The molecular weight excluding hydrogens is 150 g/mol. The summed E-state index contributed by atoms with van der Waals surface area (Å²) >= 11 is 0. The number of aliphatic hydroxyl groups is 1. The van der Waals surface area contributed by atoms with Gasteiger partial charge < -0.3 is 5.11 Å². The normalized spacial score (nSPS) is 14.8. The molecule has 1 unspecified atom stereocenters. The number of aliphatic hydroxyl groups excluding tert-OH is 1. The van der Waals surface area contributed by atoms with E-state index in [9.17, 15) is 5.11 Å². The highest BCUT2D eigenvalue weighted by Crippen LogP contribution is 2.15. The topological polar surface area (TPSA) is 20.2 Å². The molecule has 2 nitrogen and oxygen atoms in total. The molecule has 0 aromatic rings. The van der Waals surface area contributed by atoms with Crippen molar-refractivity contribution in [3.05, 3.63) is 0 Å². The van der Waals surface area contributed by atoms with Crippen molar-refractivity contribution in [3.8, 4) is 0 Å². The molecular formula is C10H24NO+. The van der Waals surface area contributed by atoms with Crippen LogP contribution in [0.1, 0.15) is 40.5 Å². The lowest BCUT2D eigenvalue weighted by molar-refractivity contribution is -0.967. The van der Waals surface area contributed by atoms with E-state index in [1.165, 1.54) is 0 Å². The maximum Gasteiger partial charge on any atom is 0.190 e. The van der Waals surface area contributed by atoms with Gasteiger partial charge in [-0.25, -0.2) is 0 Å². The van der Waals surface area contributed by atoms with E-state index in [0.29, 0.717) is 0 Å². The highest BCUT2D eigenvalue weighted by Gasteiger charge is 2.29. The Morgan fingerprint density at radius 3 is 1.67 bits per heavy atom. The summed E-state index contributed by atoms with van der Waals surface area (Å²) in [6.07, 6.45) is 1.84. The maximum absolute atomic E-state index is 9.93. The van der Waals surface area contributed by atoms with Crippen molar-refractivity contribution < 1.29 is 9.59 Å². The van der Waals surface area contributed by atoms with Crippen molar-refractivity contribution in [1.29, 1.82) is 0 Å². The van der Waals surface area contributed by atoms with Gasteiger partial charge in [-0.05, 0) is 27.2 Å². The number of nitrogens with zero attached hydrogens (tertiary/aromatic N) is 1. The fourth-order valence-corrected chi connectivity index (χ4v) is 1.84. The number of rotatable bonds is 6. The summed E-state index contributed by atoms with van der Waals surface area (Å²) in [5, 5.41) is 9.93. The van der Waals surface area contributed by atoms with Crippen LogP contribution in [0.25, 0.3) is 0 Å². The average Bonchev–Trinajstić information content (AvgIpc) is 2.09. The molecule has 0 aliphatic rings. The Balaban J connectivity index is 4.24. The standard InChI is InChI=1S/C10H24NO/c1-5-9-10(12)11(6-2,7-3)8-4/h10,12H,5-9H2,1-4H3/q+1. The van der Waals surface area contributed by atoms with Crippen LogP contribution in [0.5, 0.6) is 0 Å². The smallest absolute Gasteiger partial charge is 0.190 e. The summed E-state index contributed by atoms with van der Waals surface area (Å²) in [4.78, 5) is 0. The molecule has 0 aromatic carbocycles. The Morgan fingerprint density at radius 2 is 1.42 bits per heavy atom. The van der Waals surface area contributed by atoms with Crippen LogP contribution in [0, 0.1) is 0 Å². The molecule has 0 aliphatic heterocycles. The lowest BCUT2D eigenvalue weighted by Crippen LogP contribution is -2.55. The van der Waals surface area contributed by atoms with E-state index in [1.807, 2.05) is 0 Å². The molecule has 0 spiro atoms. The predicted molar refractivity (Wildman–Crippen MR) is 52.8 cm³/mol. The van der Waals surface area contributed by atoms with E-state index in [-0.39, 0.29) is 6.23 Å². The lowest BCUT2D eigenvalue weighted by Gasteiger charge is -2.39. The first-order valence-electron chi connectivity index (χ1n) is 5.20. The fraction of sp³-hybridized carbons (Fsp3) is 1.00. The van der Waals surface area contributed by atoms with Crippen LogP contribution >= 0.6 is 0 Å². The first-order valence-corrected chi connectivity index (χ1v) is 5.20. The highest BCUT2D eigenvalue weighted by molar-refractivity contribution is 4.45. The molecule has 0 fully saturated rings. The van der Waals surface area contributed by atoms with Crippen LogP contribution in [-0.4, -0.2) is 35.5 Å². The second kappa shape index (κ2) is 5.55. The summed E-state index contributed by atoms with van der Waals surface area (Å²) in [5.74, 6) is 0. The zero-order valence-electron chi connectivity index (χ0n) is 9.01. The van der Waals surface area contributed by atoms with Crippen LogP contribution in [0.3, 0.4) is 0 Å². The summed E-state index contributed by atoms with van der Waals surface area (Å²) in [6.45, 7) is 11.7. The van der Waals surface area contributed by atoms with Crippen LogP contribution in [-0.2, 0) is 0 Å². The zero-order chi connectivity index (χ0) is 9.61. The predicted octanol–water partition coefficient (Wildman–Crippen LogP) is 1.98. The van der Waals surface area contributed by atoms with E-state index >= 15 is 0 Å². The van der Waals surface area contributed by atoms with E-state index in [0.717, 1.165) is 37.0 Å². The van der Waals surface area contributed by atoms with Crippen molar-refractivity contribution in [1.82, 2.24) is 0 Å². The van der Waals surface area contributed by atoms with Crippen LogP contribution < -0.4 is 0 Å². The monoisotopic (exact) mass is 174 g/mol. The van der Waals surface area contributed by atoms with E-state index in [1.54, 1.807) is 0 Å². The lowest BCUT2D eigenvalue weighted by atomic mass is 10.2. The number of hydrogen-bond donors (Lipinski definition) is 1. The van der Waals surface area contributed by atoms with Crippen LogP contribution in [0.15, 0.2) is 0 Å². The molecule has 1 N–H and O–H groups in total. The third-order valence-electron chi connectivity index (χ3n) is 3.07. The van der Waals surface area contributed by atoms with E-state index in [2.05, 4.69) is 27.7 Å². The molecule has 0 rings (SSSR count). The zero-order valence-corrected chi connectivity index (χ0v) is 9.01. The minimum Gasteiger partial charge on any atom is -0.345 e. The van der Waals surface area contributed by atoms with E-state index < -0.39 is 0 Å². The van der Waals surface area contributed by atoms with Crippen molar-refractivity contribution in [2.24, 2.45) is 0 Å². The van der Waals surface area contributed by atoms with Crippen molar-refractivity contribution in [2.45, 2.75) is 46.8 Å². The summed E-state index contributed by atoms with van der Waals surface area (Å²) in [7, 11) is 0. The minimum atomic E-state index is -0.157. The van der Waals surface area contributed by atoms with Crippen molar-refractivity contribution in [3.63, 3.8) is 0 Å². The second-order valence-electron chi connectivity index (χ2n) is 3.44. The third-order valence-corrected chi connectivity index (χ3v) is 3.07. The SMILES string of the molecule is CCCC(O)[N+](CC)(CC)CC. The third kappa shape index (κ3) is 2.46. The van der Waals surface area contributed by atoms with Gasteiger partial charge in [0.2, 0.25) is 0 Å². The summed E-state index contributed by atoms with van der Waals surface area (Å²) in [5.41, 5.74) is 0. The van der Waals surface area contributed by atoms with Gasteiger partial charge in [0.05, 0.1) is 19.6 Å². The minimum absolute atomic E-state index is 0.157. The van der Waals surface area contributed by atoms with Crippen LogP contribution in [0.2, 0.25) is 0 Å². The Morgan fingerprint density at radius 1 is 1.00 bits per heavy atom. The largest absolute Gasteiger partial charge is 0.345 e. The van der Waals surface area contributed by atoms with Gasteiger partial charge >= 0.3 is 0 Å². The molecule has 12 heavy (non-hydrogen) atoms. The molecule has 0 aliphatic carbocycles. The van der Waals surface area contributed by atoms with Gasteiger partial charge in [-0.1, -0.05) is 6.92 Å². The molecule has 0 radical (unpaired) electrons.